The highest BCUT2D eigenvalue weighted by Crippen LogP contribution is 2.29. The van der Waals surface area contributed by atoms with E-state index in [0.717, 1.165) is 19.6 Å². The molecule has 0 spiro atoms. The van der Waals surface area contributed by atoms with Crippen molar-refractivity contribution in [3.63, 3.8) is 0 Å². The molecule has 0 amide bonds. The first-order valence-electron chi connectivity index (χ1n) is 8.62. The molecule has 1 aromatic rings. The van der Waals surface area contributed by atoms with Gasteiger partial charge in [0.1, 0.15) is 0 Å². The molecule has 1 saturated carbocycles. The van der Waals surface area contributed by atoms with Gasteiger partial charge in [-0.2, -0.15) is 0 Å². The summed E-state index contributed by atoms with van der Waals surface area (Å²) >= 11 is 0. The minimum atomic E-state index is 0.691. The summed E-state index contributed by atoms with van der Waals surface area (Å²) in [7, 11) is 0. The van der Waals surface area contributed by atoms with Crippen LogP contribution in [0.5, 0.6) is 0 Å². The smallest absolute Gasteiger partial charge is 0.0600 e. The van der Waals surface area contributed by atoms with E-state index in [0.29, 0.717) is 12.0 Å². The molecule has 3 nitrogen and oxygen atoms in total. The van der Waals surface area contributed by atoms with E-state index in [4.69, 9.17) is 0 Å². The lowest BCUT2D eigenvalue weighted by Crippen LogP contribution is -2.37. The SMILES string of the molecule is CCN(c1cnccc1CNCC(C)C)C1CCCCC1. The highest BCUT2D eigenvalue weighted by Gasteiger charge is 2.22. The summed E-state index contributed by atoms with van der Waals surface area (Å²) in [6.45, 7) is 9.86. The maximum absolute atomic E-state index is 4.38. The van der Waals surface area contributed by atoms with Gasteiger partial charge in [0.05, 0.1) is 11.9 Å². The zero-order chi connectivity index (χ0) is 15.1. The van der Waals surface area contributed by atoms with E-state index < -0.39 is 0 Å². The number of hydrogen-bond acceptors (Lipinski definition) is 3. The standard InChI is InChI=1S/C18H31N3/c1-4-21(17-8-6-5-7-9-17)18-14-19-11-10-16(18)13-20-12-15(2)3/h10-11,14-15,17,20H,4-9,12-13H2,1-3H3. The quantitative estimate of drug-likeness (QED) is 0.822. The molecule has 2 rings (SSSR count). The Labute approximate surface area is 130 Å². The molecule has 3 heteroatoms. The van der Waals surface area contributed by atoms with Gasteiger partial charge in [0.25, 0.3) is 0 Å². The van der Waals surface area contributed by atoms with Crippen LogP contribution >= 0.6 is 0 Å². The first-order chi connectivity index (χ1) is 10.2. The number of pyridine rings is 1. The van der Waals surface area contributed by atoms with Gasteiger partial charge in [-0.1, -0.05) is 33.1 Å². The lowest BCUT2D eigenvalue weighted by molar-refractivity contribution is 0.417. The normalized spacial score (nSPS) is 16.4. The Morgan fingerprint density at radius 3 is 2.71 bits per heavy atom. The van der Waals surface area contributed by atoms with Crippen molar-refractivity contribution in [2.24, 2.45) is 5.92 Å². The van der Waals surface area contributed by atoms with E-state index in [1.807, 2.05) is 6.20 Å². The Morgan fingerprint density at radius 1 is 1.29 bits per heavy atom. The fourth-order valence-electron chi connectivity index (χ4n) is 3.34. The van der Waals surface area contributed by atoms with Gasteiger partial charge in [0, 0.05) is 25.3 Å². The van der Waals surface area contributed by atoms with Crippen LogP contribution in [0.2, 0.25) is 0 Å². The molecule has 1 fully saturated rings. The predicted octanol–water partition coefficient (Wildman–Crippen LogP) is 3.99. The van der Waals surface area contributed by atoms with Gasteiger partial charge < -0.3 is 10.2 Å². The Kier molecular flexibility index (Phi) is 6.50. The predicted molar refractivity (Wildman–Crippen MR) is 90.7 cm³/mol. The van der Waals surface area contributed by atoms with E-state index >= 15 is 0 Å². The molecule has 21 heavy (non-hydrogen) atoms. The molecule has 1 heterocycles. The van der Waals surface area contributed by atoms with Crippen LogP contribution in [-0.2, 0) is 6.54 Å². The molecule has 0 atom stereocenters. The van der Waals surface area contributed by atoms with E-state index in [2.05, 4.69) is 48.2 Å². The van der Waals surface area contributed by atoms with Crippen LogP contribution in [0.4, 0.5) is 5.69 Å². The number of aromatic nitrogens is 1. The number of hydrogen-bond donors (Lipinski definition) is 1. The van der Waals surface area contributed by atoms with Crippen LogP contribution in [0, 0.1) is 5.92 Å². The first kappa shape index (κ1) is 16.3. The molecule has 1 aromatic heterocycles. The average molecular weight is 289 g/mol. The maximum atomic E-state index is 4.38. The molecule has 0 radical (unpaired) electrons. The lowest BCUT2D eigenvalue weighted by Gasteiger charge is -2.36. The molecule has 0 saturated heterocycles. The van der Waals surface area contributed by atoms with Crippen LogP contribution in [0.1, 0.15) is 58.4 Å². The fraction of sp³-hybridized carbons (Fsp3) is 0.722. The minimum Gasteiger partial charge on any atom is -0.367 e. The zero-order valence-electron chi connectivity index (χ0n) is 13.9. The minimum absolute atomic E-state index is 0.691. The molecular weight excluding hydrogens is 258 g/mol. The van der Waals surface area contributed by atoms with Crippen LogP contribution in [-0.4, -0.2) is 24.1 Å². The van der Waals surface area contributed by atoms with Crippen molar-refractivity contribution < 1.29 is 0 Å². The Hall–Kier alpha value is -1.09. The van der Waals surface area contributed by atoms with Crippen LogP contribution in [0.25, 0.3) is 0 Å². The first-order valence-corrected chi connectivity index (χ1v) is 8.62. The lowest BCUT2D eigenvalue weighted by atomic mass is 9.93. The largest absolute Gasteiger partial charge is 0.367 e. The second-order valence-electron chi connectivity index (χ2n) is 6.61. The monoisotopic (exact) mass is 289 g/mol. The average Bonchev–Trinajstić information content (AvgIpc) is 2.50. The summed E-state index contributed by atoms with van der Waals surface area (Å²) in [6.07, 6.45) is 10.8. The van der Waals surface area contributed by atoms with Gasteiger partial charge >= 0.3 is 0 Å². The van der Waals surface area contributed by atoms with Gasteiger partial charge in [-0.3, -0.25) is 4.98 Å². The molecule has 0 unspecified atom stereocenters. The number of nitrogens with zero attached hydrogens (tertiary/aromatic N) is 2. The maximum Gasteiger partial charge on any atom is 0.0600 e. The zero-order valence-corrected chi connectivity index (χ0v) is 13.9. The molecule has 1 N–H and O–H groups in total. The Morgan fingerprint density at radius 2 is 2.05 bits per heavy atom. The summed E-state index contributed by atoms with van der Waals surface area (Å²) in [5.74, 6) is 0.691. The molecule has 1 aliphatic carbocycles. The van der Waals surface area contributed by atoms with Gasteiger partial charge in [-0.05, 0) is 43.9 Å². The molecule has 0 bridgehead atoms. The second-order valence-corrected chi connectivity index (χ2v) is 6.61. The van der Waals surface area contributed by atoms with Crippen molar-refractivity contribution in [1.82, 2.24) is 10.3 Å². The summed E-state index contributed by atoms with van der Waals surface area (Å²) < 4.78 is 0. The van der Waals surface area contributed by atoms with E-state index in [1.165, 1.54) is 43.4 Å². The van der Waals surface area contributed by atoms with Gasteiger partial charge in [0.2, 0.25) is 0 Å². The van der Waals surface area contributed by atoms with Crippen molar-refractivity contribution >= 4 is 5.69 Å². The number of rotatable bonds is 7. The summed E-state index contributed by atoms with van der Waals surface area (Å²) in [5.41, 5.74) is 2.72. The fourth-order valence-corrected chi connectivity index (χ4v) is 3.34. The number of nitrogens with one attached hydrogen (secondary N) is 1. The van der Waals surface area contributed by atoms with Crippen LogP contribution in [0.15, 0.2) is 18.5 Å². The van der Waals surface area contributed by atoms with Crippen molar-refractivity contribution in [1.29, 1.82) is 0 Å². The van der Waals surface area contributed by atoms with Crippen molar-refractivity contribution in [2.75, 3.05) is 18.0 Å². The molecule has 118 valence electrons. The van der Waals surface area contributed by atoms with Gasteiger partial charge in [-0.25, -0.2) is 0 Å². The summed E-state index contributed by atoms with van der Waals surface area (Å²) in [5, 5.41) is 3.57. The Bertz CT molecular complexity index is 411. The molecule has 0 aromatic carbocycles. The van der Waals surface area contributed by atoms with Crippen LogP contribution < -0.4 is 10.2 Å². The van der Waals surface area contributed by atoms with E-state index in [1.54, 1.807) is 0 Å². The van der Waals surface area contributed by atoms with Crippen molar-refractivity contribution in [2.45, 2.75) is 65.5 Å². The summed E-state index contributed by atoms with van der Waals surface area (Å²) in [4.78, 5) is 6.96. The molecule has 1 aliphatic rings. The summed E-state index contributed by atoms with van der Waals surface area (Å²) in [6, 6.07) is 2.88. The van der Waals surface area contributed by atoms with E-state index in [9.17, 15) is 0 Å². The second kappa shape index (κ2) is 8.38. The third kappa shape index (κ3) is 4.70. The highest BCUT2D eigenvalue weighted by molar-refractivity contribution is 5.52. The third-order valence-electron chi connectivity index (χ3n) is 4.42. The van der Waals surface area contributed by atoms with Crippen molar-refractivity contribution in [3.8, 4) is 0 Å². The number of anilines is 1. The Balaban J connectivity index is 2.08. The van der Waals surface area contributed by atoms with Gasteiger partial charge in [0.15, 0.2) is 0 Å². The topological polar surface area (TPSA) is 28.2 Å². The van der Waals surface area contributed by atoms with E-state index in [-0.39, 0.29) is 0 Å². The molecular formula is C18H31N3. The molecule has 0 aliphatic heterocycles. The highest BCUT2D eigenvalue weighted by atomic mass is 15.2. The third-order valence-corrected chi connectivity index (χ3v) is 4.42. The van der Waals surface area contributed by atoms with Crippen molar-refractivity contribution in [3.05, 3.63) is 24.0 Å². The van der Waals surface area contributed by atoms with Crippen LogP contribution in [0.3, 0.4) is 0 Å². The van der Waals surface area contributed by atoms with Gasteiger partial charge in [-0.15, -0.1) is 0 Å².